The van der Waals surface area contributed by atoms with Crippen molar-refractivity contribution in [2.75, 3.05) is 11.9 Å². The molecule has 1 aliphatic rings. The third-order valence-corrected chi connectivity index (χ3v) is 4.45. The van der Waals surface area contributed by atoms with Gasteiger partial charge in [-0.3, -0.25) is 9.59 Å². The van der Waals surface area contributed by atoms with E-state index in [1.165, 1.54) is 0 Å². The lowest BCUT2D eigenvalue weighted by atomic mass is 10.1. The number of aryl methyl sites for hydroxylation is 3. The predicted molar refractivity (Wildman–Crippen MR) is 89.8 cm³/mol. The number of aromatic nitrogens is 1. The van der Waals surface area contributed by atoms with E-state index >= 15 is 0 Å². The summed E-state index contributed by atoms with van der Waals surface area (Å²) in [6, 6.07) is 6.81. The van der Waals surface area contributed by atoms with Crippen LogP contribution in [0.15, 0.2) is 28.8 Å². The van der Waals surface area contributed by atoms with Gasteiger partial charge in [-0.25, -0.2) is 0 Å². The normalized spacial score (nSPS) is 17.1. The molecule has 6 nitrogen and oxygen atoms in total. The molecule has 3 rings (SSSR count). The maximum absolute atomic E-state index is 12.8. The van der Waals surface area contributed by atoms with Gasteiger partial charge in [0.05, 0.1) is 0 Å². The lowest BCUT2D eigenvalue weighted by molar-refractivity contribution is -0.119. The number of hydrogen-bond acceptors (Lipinski definition) is 4. The van der Waals surface area contributed by atoms with Crippen molar-refractivity contribution in [2.24, 2.45) is 0 Å². The number of hydrogen-bond donors (Lipinski definition) is 1. The third kappa shape index (κ3) is 3.18. The van der Waals surface area contributed by atoms with Crippen LogP contribution >= 0.6 is 0 Å². The first-order valence-corrected chi connectivity index (χ1v) is 8.08. The Morgan fingerprint density at radius 3 is 2.67 bits per heavy atom. The number of rotatable bonds is 3. The van der Waals surface area contributed by atoms with Gasteiger partial charge in [0, 0.05) is 18.2 Å². The molecule has 0 unspecified atom stereocenters. The smallest absolute Gasteiger partial charge is 0.254 e. The average Bonchev–Trinajstić information content (AvgIpc) is 3.18. The van der Waals surface area contributed by atoms with Crippen molar-refractivity contribution >= 4 is 17.6 Å². The standard InChI is InChI=1S/C18H21N3O3/c1-11-6-7-14(9-12(11)2)18(23)21-8-4-5-15(21)17(22)19-16-10-13(3)24-20-16/h6-7,9-10,15H,4-5,8H2,1-3H3,(H,19,20,22)/t15-/m1/s1. The summed E-state index contributed by atoms with van der Waals surface area (Å²) < 4.78 is 4.95. The van der Waals surface area contributed by atoms with Crippen LogP contribution in [0.5, 0.6) is 0 Å². The van der Waals surface area contributed by atoms with Gasteiger partial charge in [-0.15, -0.1) is 0 Å². The van der Waals surface area contributed by atoms with E-state index in [9.17, 15) is 9.59 Å². The van der Waals surface area contributed by atoms with Crippen molar-refractivity contribution in [3.05, 3.63) is 46.7 Å². The SMILES string of the molecule is Cc1cc(NC(=O)[C@H]2CCCN2C(=O)c2ccc(C)c(C)c2)no1. The number of likely N-dealkylation sites (tertiary alicyclic amines) is 1. The summed E-state index contributed by atoms with van der Waals surface area (Å²) >= 11 is 0. The van der Waals surface area contributed by atoms with Gasteiger partial charge in [-0.2, -0.15) is 0 Å². The summed E-state index contributed by atoms with van der Waals surface area (Å²) in [5, 5.41) is 6.49. The Bertz CT molecular complexity index is 782. The number of carbonyl (C=O) groups excluding carboxylic acids is 2. The van der Waals surface area contributed by atoms with E-state index < -0.39 is 6.04 Å². The molecule has 1 saturated heterocycles. The van der Waals surface area contributed by atoms with Crippen LogP contribution in [0.3, 0.4) is 0 Å². The Morgan fingerprint density at radius 1 is 1.21 bits per heavy atom. The van der Waals surface area contributed by atoms with Crippen LogP contribution < -0.4 is 5.32 Å². The van der Waals surface area contributed by atoms with Gasteiger partial charge < -0.3 is 14.7 Å². The molecule has 24 heavy (non-hydrogen) atoms. The molecule has 0 radical (unpaired) electrons. The summed E-state index contributed by atoms with van der Waals surface area (Å²) in [4.78, 5) is 26.9. The monoisotopic (exact) mass is 327 g/mol. The minimum Gasteiger partial charge on any atom is -0.360 e. The molecular weight excluding hydrogens is 306 g/mol. The zero-order valence-corrected chi connectivity index (χ0v) is 14.1. The highest BCUT2D eigenvalue weighted by atomic mass is 16.5. The van der Waals surface area contributed by atoms with E-state index in [1.54, 1.807) is 17.9 Å². The first-order chi connectivity index (χ1) is 11.5. The van der Waals surface area contributed by atoms with Crippen molar-refractivity contribution in [1.29, 1.82) is 0 Å². The fourth-order valence-electron chi connectivity index (χ4n) is 2.96. The van der Waals surface area contributed by atoms with Gasteiger partial charge >= 0.3 is 0 Å². The summed E-state index contributed by atoms with van der Waals surface area (Å²) in [5.41, 5.74) is 2.83. The number of benzene rings is 1. The fraction of sp³-hybridized carbons (Fsp3) is 0.389. The number of amides is 2. The van der Waals surface area contributed by atoms with Crippen LogP contribution in [0.1, 0.15) is 40.1 Å². The Labute approximate surface area is 140 Å². The maximum Gasteiger partial charge on any atom is 0.254 e. The summed E-state index contributed by atoms with van der Waals surface area (Å²) in [6.45, 7) is 6.33. The Morgan fingerprint density at radius 2 is 2.00 bits per heavy atom. The zero-order chi connectivity index (χ0) is 17.3. The Balaban J connectivity index is 1.75. The largest absolute Gasteiger partial charge is 0.360 e. The summed E-state index contributed by atoms with van der Waals surface area (Å²) in [7, 11) is 0. The van der Waals surface area contributed by atoms with E-state index in [4.69, 9.17) is 4.52 Å². The van der Waals surface area contributed by atoms with E-state index in [0.717, 1.165) is 17.5 Å². The lowest BCUT2D eigenvalue weighted by Crippen LogP contribution is -2.43. The topological polar surface area (TPSA) is 75.4 Å². The van der Waals surface area contributed by atoms with Crippen molar-refractivity contribution in [3.8, 4) is 0 Å². The molecule has 2 heterocycles. The molecule has 1 aliphatic heterocycles. The highest BCUT2D eigenvalue weighted by Gasteiger charge is 2.34. The number of nitrogens with zero attached hydrogens (tertiary/aromatic N) is 2. The first-order valence-electron chi connectivity index (χ1n) is 8.08. The molecule has 0 bridgehead atoms. The van der Waals surface area contributed by atoms with Crippen molar-refractivity contribution in [2.45, 2.75) is 39.7 Å². The lowest BCUT2D eigenvalue weighted by Gasteiger charge is -2.24. The van der Waals surface area contributed by atoms with E-state index in [-0.39, 0.29) is 11.8 Å². The molecule has 1 aromatic heterocycles. The molecule has 1 fully saturated rings. The van der Waals surface area contributed by atoms with Crippen molar-refractivity contribution in [3.63, 3.8) is 0 Å². The van der Waals surface area contributed by atoms with Crippen LogP contribution in [-0.2, 0) is 4.79 Å². The summed E-state index contributed by atoms with van der Waals surface area (Å²) in [5.74, 6) is 0.674. The fourth-order valence-corrected chi connectivity index (χ4v) is 2.96. The third-order valence-electron chi connectivity index (χ3n) is 4.45. The molecule has 0 aliphatic carbocycles. The first kappa shape index (κ1) is 16.2. The van der Waals surface area contributed by atoms with E-state index in [2.05, 4.69) is 10.5 Å². The van der Waals surface area contributed by atoms with Crippen LogP contribution in [0.25, 0.3) is 0 Å². The average molecular weight is 327 g/mol. The van der Waals surface area contributed by atoms with Gasteiger partial charge in [0.15, 0.2) is 5.82 Å². The van der Waals surface area contributed by atoms with Crippen LogP contribution in [0.2, 0.25) is 0 Å². The molecule has 0 saturated carbocycles. The Kier molecular flexibility index (Phi) is 4.38. The number of nitrogens with one attached hydrogen (secondary N) is 1. The highest BCUT2D eigenvalue weighted by Crippen LogP contribution is 2.22. The molecule has 2 amide bonds. The number of anilines is 1. The van der Waals surface area contributed by atoms with Crippen LogP contribution in [0.4, 0.5) is 5.82 Å². The van der Waals surface area contributed by atoms with Gasteiger partial charge in [0.25, 0.3) is 5.91 Å². The molecule has 0 spiro atoms. The molecule has 1 N–H and O–H groups in total. The summed E-state index contributed by atoms with van der Waals surface area (Å²) in [6.07, 6.45) is 1.46. The zero-order valence-electron chi connectivity index (χ0n) is 14.1. The van der Waals surface area contributed by atoms with Crippen molar-refractivity contribution < 1.29 is 14.1 Å². The maximum atomic E-state index is 12.8. The second kappa shape index (κ2) is 6.47. The second-order valence-corrected chi connectivity index (χ2v) is 6.27. The molecule has 1 aromatic carbocycles. The number of carbonyl (C=O) groups is 2. The molecule has 1 atom stereocenters. The van der Waals surface area contributed by atoms with Crippen LogP contribution in [0, 0.1) is 20.8 Å². The van der Waals surface area contributed by atoms with Gasteiger partial charge in [0.2, 0.25) is 5.91 Å². The van der Waals surface area contributed by atoms with E-state index in [1.807, 2.05) is 32.0 Å². The minimum atomic E-state index is -0.476. The van der Waals surface area contributed by atoms with Gasteiger partial charge in [-0.1, -0.05) is 11.2 Å². The van der Waals surface area contributed by atoms with Crippen molar-refractivity contribution in [1.82, 2.24) is 10.1 Å². The van der Waals surface area contributed by atoms with Crippen LogP contribution in [-0.4, -0.2) is 34.5 Å². The predicted octanol–water partition coefficient (Wildman–Crippen LogP) is 2.84. The molecule has 2 aromatic rings. The van der Waals surface area contributed by atoms with Gasteiger partial charge in [0.1, 0.15) is 11.8 Å². The molecule has 6 heteroatoms. The minimum absolute atomic E-state index is 0.105. The van der Waals surface area contributed by atoms with E-state index in [0.29, 0.717) is 30.1 Å². The molecular formula is C18H21N3O3. The Hall–Kier alpha value is -2.63. The highest BCUT2D eigenvalue weighted by molar-refractivity contribution is 6.01. The second-order valence-electron chi connectivity index (χ2n) is 6.27. The molecule has 126 valence electrons. The van der Waals surface area contributed by atoms with Gasteiger partial charge in [-0.05, 0) is 56.9 Å². The quantitative estimate of drug-likeness (QED) is 0.940.